The standard InChI is InChI=1S/C9H14N2O2S/c12-11-7-9(3-4-9)10-6-8-2-1-5-14(8)13/h2,10H,1,3-7H2. The minimum Gasteiger partial charge on any atom is -0.612 e. The summed E-state index contributed by atoms with van der Waals surface area (Å²) in [6, 6.07) is 0. The summed E-state index contributed by atoms with van der Waals surface area (Å²) in [5.41, 5.74) is -0.0601. The average molecular weight is 214 g/mol. The van der Waals surface area contributed by atoms with Crippen LogP contribution in [0.5, 0.6) is 0 Å². The first-order valence-corrected chi connectivity index (χ1v) is 6.19. The molecule has 1 unspecified atom stereocenters. The summed E-state index contributed by atoms with van der Waals surface area (Å²) in [5.74, 6) is 0.760. The first kappa shape index (κ1) is 10.1. The molecule has 1 atom stereocenters. The summed E-state index contributed by atoms with van der Waals surface area (Å²) in [7, 11) is 0. The number of nitroso groups, excluding NO2 is 1. The van der Waals surface area contributed by atoms with Gasteiger partial charge in [-0.1, -0.05) is 5.18 Å². The van der Waals surface area contributed by atoms with Gasteiger partial charge in [0.25, 0.3) is 0 Å². The lowest BCUT2D eigenvalue weighted by atomic mass is 10.2. The molecule has 1 N–H and O–H groups in total. The van der Waals surface area contributed by atoms with Crippen LogP contribution in [0.15, 0.2) is 16.2 Å². The molecule has 2 rings (SSSR count). The van der Waals surface area contributed by atoms with E-state index in [2.05, 4.69) is 10.5 Å². The second-order valence-corrected chi connectivity index (χ2v) is 5.55. The van der Waals surface area contributed by atoms with E-state index in [-0.39, 0.29) is 5.54 Å². The number of hydrogen-bond acceptors (Lipinski definition) is 4. The zero-order valence-corrected chi connectivity index (χ0v) is 8.81. The third-order valence-electron chi connectivity index (χ3n) is 2.83. The SMILES string of the molecule is O=NCC1(NCC2=CCC[S+]2[O-])CC1. The zero-order chi connectivity index (χ0) is 10.0. The Kier molecular flexibility index (Phi) is 2.90. The second-order valence-electron chi connectivity index (χ2n) is 3.93. The number of nitrogens with one attached hydrogen (secondary N) is 1. The average Bonchev–Trinajstić information content (AvgIpc) is 2.81. The van der Waals surface area contributed by atoms with Gasteiger partial charge < -0.3 is 9.87 Å². The minimum atomic E-state index is -0.782. The summed E-state index contributed by atoms with van der Waals surface area (Å²) < 4.78 is 11.4. The van der Waals surface area contributed by atoms with Gasteiger partial charge in [-0.25, -0.2) is 0 Å². The van der Waals surface area contributed by atoms with Crippen molar-refractivity contribution in [3.8, 4) is 0 Å². The number of hydrogen-bond donors (Lipinski definition) is 1. The predicted octanol–water partition coefficient (Wildman–Crippen LogP) is 0.911. The molecule has 78 valence electrons. The smallest absolute Gasteiger partial charge is 0.139 e. The van der Waals surface area contributed by atoms with Crippen molar-refractivity contribution in [3.05, 3.63) is 15.9 Å². The van der Waals surface area contributed by atoms with E-state index < -0.39 is 11.2 Å². The first-order chi connectivity index (χ1) is 6.76. The molecule has 0 saturated heterocycles. The van der Waals surface area contributed by atoms with Gasteiger partial charge in [-0.3, -0.25) is 0 Å². The Hall–Kier alpha value is -0.390. The van der Waals surface area contributed by atoms with Crippen molar-refractivity contribution in [2.45, 2.75) is 24.8 Å². The van der Waals surface area contributed by atoms with Crippen LogP contribution in [0.3, 0.4) is 0 Å². The Bertz CT molecular complexity index is 264. The lowest BCUT2D eigenvalue weighted by Crippen LogP contribution is -2.36. The minimum absolute atomic E-state index is 0.0601. The number of nitrogens with zero attached hydrogens (tertiary/aromatic N) is 1. The Morgan fingerprint density at radius 2 is 2.43 bits per heavy atom. The normalized spacial score (nSPS) is 28.6. The highest BCUT2D eigenvalue weighted by Crippen LogP contribution is 2.36. The van der Waals surface area contributed by atoms with Crippen molar-refractivity contribution in [1.29, 1.82) is 0 Å². The molecule has 0 aromatic carbocycles. The van der Waals surface area contributed by atoms with Crippen LogP contribution in [-0.2, 0) is 11.2 Å². The van der Waals surface area contributed by atoms with Gasteiger partial charge in [-0.05, 0) is 30.1 Å². The molecule has 2 aliphatic rings. The molecule has 1 fully saturated rings. The van der Waals surface area contributed by atoms with Gasteiger partial charge in [-0.2, -0.15) is 4.91 Å². The fourth-order valence-corrected chi connectivity index (χ4v) is 2.77. The monoisotopic (exact) mass is 214 g/mol. The van der Waals surface area contributed by atoms with Crippen LogP contribution in [-0.4, -0.2) is 28.9 Å². The van der Waals surface area contributed by atoms with Crippen LogP contribution < -0.4 is 5.32 Å². The summed E-state index contributed by atoms with van der Waals surface area (Å²) in [5, 5.41) is 6.21. The lowest BCUT2D eigenvalue weighted by Gasteiger charge is -2.14. The molecule has 4 nitrogen and oxygen atoms in total. The predicted molar refractivity (Wildman–Crippen MR) is 56.3 cm³/mol. The molecular weight excluding hydrogens is 200 g/mol. The molecule has 0 spiro atoms. The van der Waals surface area contributed by atoms with E-state index in [1.807, 2.05) is 6.08 Å². The molecule has 1 aliphatic carbocycles. The van der Waals surface area contributed by atoms with Crippen LogP contribution in [0.2, 0.25) is 0 Å². The topological polar surface area (TPSA) is 64.5 Å². The van der Waals surface area contributed by atoms with Gasteiger partial charge in [-0.15, -0.1) is 0 Å². The molecule has 1 saturated carbocycles. The van der Waals surface area contributed by atoms with Crippen molar-refractivity contribution in [3.63, 3.8) is 0 Å². The molecule has 0 bridgehead atoms. The Morgan fingerprint density at radius 1 is 1.64 bits per heavy atom. The second kappa shape index (κ2) is 4.00. The fourth-order valence-electron chi connectivity index (χ4n) is 1.64. The van der Waals surface area contributed by atoms with E-state index in [9.17, 15) is 9.46 Å². The number of rotatable bonds is 5. The zero-order valence-electron chi connectivity index (χ0n) is 7.99. The van der Waals surface area contributed by atoms with Crippen molar-refractivity contribution in [2.75, 3.05) is 18.8 Å². The maximum atomic E-state index is 11.4. The first-order valence-electron chi connectivity index (χ1n) is 4.87. The van der Waals surface area contributed by atoms with E-state index in [4.69, 9.17) is 0 Å². The van der Waals surface area contributed by atoms with Gasteiger partial charge in [0.05, 0.1) is 13.1 Å². The molecule has 1 aliphatic heterocycles. The Balaban J connectivity index is 1.79. The fraction of sp³-hybridized carbons (Fsp3) is 0.778. The van der Waals surface area contributed by atoms with Gasteiger partial charge in [0.2, 0.25) is 0 Å². The van der Waals surface area contributed by atoms with E-state index in [0.717, 1.165) is 29.9 Å². The maximum Gasteiger partial charge on any atom is 0.139 e. The van der Waals surface area contributed by atoms with Gasteiger partial charge in [0, 0.05) is 12.0 Å². The molecule has 0 radical (unpaired) electrons. The highest BCUT2D eigenvalue weighted by atomic mass is 32.2. The van der Waals surface area contributed by atoms with Crippen molar-refractivity contribution >= 4 is 11.2 Å². The van der Waals surface area contributed by atoms with Gasteiger partial charge in [0.1, 0.15) is 10.7 Å². The third-order valence-corrected chi connectivity index (χ3v) is 4.33. The Morgan fingerprint density at radius 3 is 2.93 bits per heavy atom. The summed E-state index contributed by atoms with van der Waals surface area (Å²) >= 11 is -0.782. The third kappa shape index (κ3) is 2.16. The number of allylic oxidation sites excluding steroid dienone is 1. The molecule has 0 aromatic rings. The Labute approximate surface area is 86.3 Å². The summed E-state index contributed by atoms with van der Waals surface area (Å²) in [4.78, 5) is 11.1. The van der Waals surface area contributed by atoms with E-state index in [0.29, 0.717) is 13.1 Å². The van der Waals surface area contributed by atoms with Crippen LogP contribution >= 0.6 is 0 Å². The van der Waals surface area contributed by atoms with Crippen molar-refractivity contribution in [2.24, 2.45) is 5.18 Å². The molecule has 5 heteroatoms. The highest BCUT2D eigenvalue weighted by molar-refractivity contribution is 7.95. The molecule has 0 amide bonds. The van der Waals surface area contributed by atoms with Gasteiger partial charge >= 0.3 is 0 Å². The maximum absolute atomic E-state index is 11.4. The van der Waals surface area contributed by atoms with Crippen LogP contribution in [0.25, 0.3) is 0 Å². The summed E-state index contributed by atoms with van der Waals surface area (Å²) in [6.07, 6.45) is 4.98. The van der Waals surface area contributed by atoms with Gasteiger partial charge in [0.15, 0.2) is 0 Å². The largest absolute Gasteiger partial charge is 0.612 e. The summed E-state index contributed by atoms with van der Waals surface area (Å²) in [6.45, 7) is 0.995. The molecule has 1 heterocycles. The molecule has 0 aromatic heterocycles. The van der Waals surface area contributed by atoms with E-state index >= 15 is 0 Å². The highest BCUT2D eigenvalue weighted by Gasteiger charge is 2.43. The van der Waals surface area contributed by atoms with Crippen molar-refractivity contribution < 1.29 is 4.55 Å². The molecular formula is C9H14N2O2S. The van der Waals surface area contributed by atoms with Crippen molar-refractivity contribution in [1.82, 2.24) is 5.32 Å². The van der Waals surface area contributed by atoms with E-state index in [1.165, 1.54) is 0 Å². The van der Waals surface area contributed by atoms with Crippen LogP contribution in [0.1, 0.15) is 19.3 Å². The van der Waals surface area contributed by atoms with Crippen LogP contribution in [0.4, 0.5) is 0 Å². The van der Waals surface area contributed by atoms with E-state index in [1.54, 1.807) is 0 Å². The van der Waals surface area contributed by atoms with Crippen LogP contribution in [0, 0.1) is 4.91 Å². The molecule has 14 heavy (non-hydrogen) atoms. The quantitative estimate of drug-likeness (QED) is 0.546. The lowest BCUT2D eigenvalue weighted by molar-refractivity contribution is 0.532.